The van der Waals surface area contributed by atoms with Crippen molar-refractivity contribution in [2.75, 3.05) is 0 Å². The van der Waals surface area contributed by atoms with Crippen LogP contribution in [0.15, 0.2) is 91.0 Å². The van der Waals surface area contributed by atoms with Gasteiger partial charge >= 0.3 is 41.3 Å². The van der Waals surface area contributed by atoms with Gasteiger partial charge < -0.3 is 24.8 Å². The van der Waals surface area contributed by atoms with E-state index in [2.05, 4.69) is 126 Å². The molecular weight excluding hydrogens is 510 g/mol. The predicted molar refractivity (Wildman–Crippen MR) is 132 cm³/mol. The first-order valence-corrected chi connectivity index (χ1v) is 11.7. The molecule has 0 aliphatic rings. The number of benzene rings is 3. The van der Waals surface area contributed by atoms with Crippen LogP contribution in [0, 0.1) is 0 Å². The van der Waals surface area contributed by atoms with Gasteiger partial charge in [0, 0.05) is 0 Å². The van der Waals surface area contributed by atoms with E-state index in [1.165, 1.54) is 41.1 Å². The minimum absolute atomic E-state index is 0. The van der Waals surface area contributed by atoms with Crippen LogP contribution in [0.2, 0.25) is 0 Å². The van der Waals surface area contributed by atoms with E-state index in [1.54, 1.807) is 24.2 Å². The molecule has 0 aromatic heterocycles. The third kappa shape index (κ3) is 7.24. The van der Waals surface area contributed by atoms with Crippen LogP contribution in [0.4, 0.5) is 0 Å². The van der Waals surface area contributed by atoms with Crippen molar-refractivity contribution >= 4 is 35.5 Å². The topological polar surface area (TPSA) is 0 Å². The molecule has 0 amide bonds. The van der Waals surface area contributed by atoms with Crippen LogP contribution in [-0.4, -0.2) is 3.21 Å². The summed E-state index contributed by atoms with van der Waals surface area (Å²) < 4.78 is 1.51. The molecule has 0 unspecified atom stereocenters. The number of halogens is 2. The van der Waals surface area contributed by atoms with Crippen molar-refractivity contribution < 1.29 is 49.0 Å². The SMILES string of the molecule is CC(C)(C)c1c[cH-]c2ccccc12.C[C](C)=[Zr+2].[Cl-].[Cl-].c1ccc2c(c1)[cH-]c1ccccc12. The maximum Gasteiger partial charge on any atom is -0.0771 e. The third-order valence-corrected chi connectivity index (χ3v) is 5.01. The summed E-state index contributed by atoms with van der Waals surface area (Å²) in [5.41, 5.74) is 1.70. The summed E-state index contributed by atoms with van der Waals surface area (Å²) in [6.45, 7) is 11.0. The molecule has 3 heteroatoms. The van der Waals surface area contributed by atoms with Crippen LogP contribution < -0.4 is 24.8 Å². The summed E-state index contributed by atoms with van der Waals surface area (Å²) in [7, 11) is 0. The number of fused-ring (bicyclic) bond motifs is 4. The van der Waals surface area contributed by atoms with Crippen molar-refractivity contribution in [3.8, 4) is 0 Å². The van der Waals surface area contributed by atoms with E-state index in [4.69, 9.17) is 0 Å². The average molecular weight is 541 g/mol. The van der Waals surface area contributed by atoms with Crippen molar-refractivity contribution in [1.29, 1.82) is 0 Å². The molecule has 0 atom stereocenters. The Bertz CT molecular complexity index is 1210. The van der Waals surface area contributed by atoms with E-state index in [9.17, 15) is 0 Å². The molecule has 166 valence electrons. The largest absolute Gasteiger partial charge is 1.00 e. The second kappa shape index (κ2) is 12.6. The predicted octanol–water partition coefficient (Wildman–Crippen LogP) is 2.32. The Balaban J connectivity index is 0.000000261. The van der Waals surface area contributed by atoms with Gasteiger partial charge in [-0.2, -0.15) is 0 Å². The number of hydrogen-bond acceptors (Lipinski definition) is 0. The molecular formula is C29H30Cl2Zr-2. The van der Waals surface area contributed by atoms with Crippen LogP contribution in [0.1, 0.15) is 40.2 Å². The summed E-state index contributed by atoms with van der Waals surface area (Å²) >= 11 is 1.55. The molecule has 0 N–H and O–H groups in total. The Morgan fingerprint density at radius 3 is 1.47 bits per heavy atom. The molecule has 0 aliphatic carbocycles. The van der Waals surface area contributed by atoms with Crippen LogP contribution in [0.25, 0.3) is 32.3 Å². The van der Waals surface area contributed by atoms with Gasteiger partial charge in [-0.1, -0.05) is 68.7 Å². The molecule has 0 radical (unpaired) electrons. The summed E-state index contributed by atoms with van der Waals surface area (Å²) in [5, 5.41) is 8.14. The quantitative estimate of drug-likeness (QED) is 0.265. The normalized spacial score (nSPS) is 10.3. The Labute approximate surface area is 219 Å². The van der Waals surface area contributed by atoms with Crippen molar-refractivity contribution in [3.63, 3.8) is 0 Å². The van der Waals surface area contributed by atoms with E-state index in [1.807, 2.05) is 0 Å². The van der Waals surface area contributed by atoms with Crippen molar-refractivity contribution in [2.24, 2.45) is 0 Å². The summed E-state index contributed by atoms with van der Waals surface area (Å²) in [4.78, 5) is 0. The maximum absolute atomic E-state index is 2.26. The van der Waals surface area contributed by atoms with Crippen molar-refractivity contribution in [3.05, 3.63) is 96.6 Å². The average Bonchev–Trinajstić information content (AvgIpc) is 3.29. The summed E-state index contributed by atoms with van der Waals surface area (Å²) in [6, 6.07) is 32.3. The standard InChI is InChI=1S/C13H9.C13H15.C3H6.2ClH.Zr/c1-3-7-12-10(5-1)9-11-6-2-4-8-13(11)12;1-13(2,3)12-9-8-10-6-4-5-7-11(10)12;1-3-2;;;/h1-9H;4-9H,1-3H3;1-2H3;2*1H;/q2*-1;;;;+2/p-2. The molecule has 5 rings (SSSR count). The first kappa shape index (κ1) is 28.5. The monoisotopic (exact) mass is 538 g/mol. The first-order chi connectivity index (χ1) is 14.3. The van der Waals surface area contributed by atoms with Crippen LogP contribution in [-0.2, 0) is 29.7 Å². The Morgan fingerprint density at radius 1 is 0.656 bits per heavy atom. The fourth-order valence-electron chi connectivity index (χ4n) is 3.71. The van der Waals surface area contributed by atoms with Gasteiger partial charge in [-0.3, -0.25) is 0 Å². The van der Waals surface area contributed by atoms with Gasteiger partial charge in [-0.15, -0.1) is 86.4 Å². The second-order valence-corrected chi connectivity index (χ2v) is 11.4. The van der Waals surface area contributed by atoms with Gasteiger partial charge in [0.1, 0.15) is 0 Å². The molecule has 0 fully saturated rings. The molecule has 0 heterocycles. The van der Waals surface area contributed by atoms with Gasteiger partial charge in [0.2, 0.25) is 0 Å². The van der Waals surface area contributed by atoms with Gasteiger partial charge in [0.25, 0.3) is 0 Å². The molecule has 0 saturated heterocycles. The van der Waals surface area contributed by atoms with Gasteiger partial charge in [0.15, 0.2) is 0 Å². The molecule has 0 saturated carbocycles. The molecule has 0 nitrogen and oxygen atoms in total. The molecule has 32 heavy (non-hydrogen) atoms. The summed E-state index contributed by atoms with van der Waals surface area (Å²) in [6.07, 6.45) is 0. The molecule has 5 aromatic carbocycles. The molecule has 0 bridgehead atoms. The molecule has 0 aliphatic heterocycles. The fraction of sp³-hybridized carbons (Fsp3) is 0.207. The van der Waals surface area contributed by atoms with Gasteiger partial charge in [0.05, 0.1) is 0 Å². The number of rotatable bonds is 0. The first-order valence-electron chi connectivity index (χ1n) is 10.5. The van der Waals surface area contributed by atoms with Crippen molar-refractivity contribution in [2.45, 2.75) is 40.0 Å². The molecule has 5 aromatic rings. The fourth-order valence-corrected chi connectivity index (χ4v) is 3.71. The third-order valence-electron chi connectivity index (χ3n) is 5.01. The van der Waals surface area contributed by atoms with Crippen LogP contribution >= 0.6 is 0 Å². The van der Waals surface area contributed by atoms with Gasteiger partial charge in [-0.25, -0.2) is 0 Å². The van der Waals surface area contributed by atoms with Crippen molar-refractivity contribution in [1.82, 2.24) is 0 Å². The van der Waals surface area contributed by atoms with E-state index < -0.39 is 0 Å². The summed E-state index contributed by atoms with van der Waals surface area (Å²) in [5.74, 6) is 0. The van der Waals surface area contributed by atoms with E-state index in [0.29, 0.717) is 0 Å². The second-order valence-electron chi connectivity index (χ2n) is 8.90. The zero-order valence-electron chi connectivity index (χ0n) is 19.4. The van der Waals surface area contributed by atoms with Crippen LogP contribution in [0.3, 0.4) is 0 Å². The molecule has 0 spiro atoms. The van der Waals surface area contributed by atoms with Crippen LogP contribution in [0.5, 0.6) is 0 Å². The minimum Gasteiger partial charge on any atom is -1.00 e. The van der Waals surface area contributed by atoms with E-state index >= 15 is 0 Å². The Hall–Kier alpha value is -1.53. The number of hydrogen-bond donors (Lipinski definition) is 0. The Kier molecular flexibility index (Phi) is 11.3. The van der Waals surface area contributed by atoms with E-state index in [-0.39, 0.29) is 30.2 Å². The van der Waals surface area contributed by atoms with Gasteiger partial charge in [-0.05, 0) is 0 Å². The Morgan fingerprint density at radius 2 is 1.03 bits per heavy atom. The zero-order valence-corrected chi connectivity index (χ0v) is 23.4. The zero-order chi connectivity index (χ0) is 21.7. The minimum atomic E-state index is 0. The van der Waals surface area contributed by atoms with E-state index in [0.717, 1.165) is 0 Å². The maximum atomic E-state index is 2.26. The smallest absolute Gasteiger partial charge is 0.0771 e.